The van der Waals surface area contributed by atoms with E-state index >= 15 is 0 Å². The van der Waals surface area contributed by atoms with Crippen LogP contribution in [-0.2, 0) is 0 Å². The summed E-state index contributed by atoms with van der Waals surface area (Å²) < 4.78 is 29.9. The first kappa shape index (κ1) is 11.6. The van der Waals surface area contributed by atoms with Crippen molar-refractivity contribution in [3.05, 3.63) is 17.5 Å². The molecule has 1 heterocycles. The highest BCUT2D eigenvalue weighted by Crippen LogP contribution is 2.34. The predicted molar refractivity (Wildman–Crippen MR) is 50.3 cm³/mol. The van der Waals surface area contributed by atoms with Gasteiger partial charge < -0.3 is 10.5 Å². The second-order valence-electron chi connectivity index (χ2n) is 2.58. The largest absolute Gasteiger partial charge is 0.493 e. The van der Waals surface area contributed by atoms with Gasteiger partial charge in [-0.05, 0) is 11.6 Å². The van der Waals surface area contributed by atoms with E-state index in [1.165, 1.54) is 7.11 Å². The number of carbonyl (C=O) groups excluding carboxylic acids is 1. The molecule has 0 aliphatic carbocycles. The number of aromatic nitrogens is 1. The lowest BCUT2D eigenvalue weighted by atomic mass is 10.1. The standard InChI is InChI=1S/C8H7ClF2N2O2/c1-15-3-2-13-6(7(9)14)4(5(3)12)8(10)11/h2,8H,1H3,(H2,12,13). The highest BCUT2D eigenvalue weighted by atomic mass is 35.5. The van der Waals surface area contributed by atoms with Gasteiger partial charge in [-0.3, -0.25) is 4.79 Å². The fourth-order valence-corrected chi connectivity index (χ4v) is 1.21. The first-order chi connectivity index (χ1) is 6.99. The molecule has 0 fully saturated rings. The summed E-state index contributed by atoms with van der Waals surface area (Å²) >= 11 is 5.09. The molecule has 15 heavy (non-hydrogen) atoms. The number of alkyl halides is 2. The molecule has 1 rings (SSSR count). The topological polar surface area (TPSA) is 65.2 Å². The van der Waals surface area contributed by atoms with E-state index in [-0.39, 0.29) is 11.4 Å². The summed E-state index contributed by atoms with van der Waals surface area (Å²) in [5.41, 5.74) is 3.80. The minimum atomic E-state index is -2.94. The quantitative estimate of drug-likeness (QED) is 0.815. The maximum Gasteiger partial charge on any atom is 0.271 e. The van der Waals surface area contributed by atoms with Crippen molar-refractivity contribution in [1.82, 2.24) is 4.98 Å². The molecule has 0 atom stereocenters. The average Bonchev–Trinajstić information content (AvgIpc) is 2.16. The summed E-state index contributed by atoms with van der Waals surface area (Å²) in [6.45, 7) is 0. The van der Waals surface area contributed by atoms with Gasteiger partial charge in [0.25, 0.3) is 11.7 Å². The van der Waals surface area contributed by atoms with E-state index in [1.54, 1.807) is 0 Å². The van der Waals surface area contributed by atoms with Crippen LogP contribution in [0.2, 0.25) is 0 Å². The van der Waals surface area contributed by atoms with Gasteiger partial charge in [0.1, 0.15) is 5.69 Å². The third kappa shape index (κ3) is 2.15. The third-order valence-electron chi connectivity index (χ3n) is 1.75. The zero-order valence-corrected chi connectivity index (χ0v) is 8.39. The SMILES string of the molecule is COc1cnc(C(=O)Cl)c(C(F)F)c1N. The molecule has 0 saturated carbocycles. The molecule has 2 N–H and O–H groups in total. The molecule has 0 bridgehead atoms. The molecular weight excluding hydrogens is 230 g/mol. The van der Waals surface area contributed by atoms with E-state index in [9.17, 15) is 13.6 Å². The van der Waals surface area contributed by atoms with Crippen LogP contribution >= 0.6 is 11.6 Å². The summed E-state index contributed by atoms with van der Waals surface area (Å²) in [6.07, 6.45) is -1.87. The van der Waals surface area contributed by atoms with Crippen molar-refractivity contribution in [3.63, 3.8) is 0 Å². The Hall–Kier alpha value is -1.43. The van der Waals surface area contributed by atoms with E-state index in [2.05, 4.69) is 4.98 Å². The second-order valence-corrected chi connectivity index (χ2v) is 2.92. The minimum Gasteiger partial charge on any atom is -0.493 e. The molecule has 7 heteroatoms. The van der Waals surface area contributed by atoms with E-state index < -0.39 is 22.9 Å². The van der Waals surface area contributed by atoms with Gasteiger partial charge in [-0.25, -0.2) is 13.8 Å². The van der Waals surface area contributed by atoms with Crippen molar-refractivity contribution in [3.8, 4) is 5.75 Å². The Morgan fingerprint density at radius 1 is 1.67 bits per heavy atom. The maximum absolute atomic E-state index is 12.6. The lowest BCUT2D eigenvalue weighted by Gasteiger charge is -2.11. The van der Waals surface area contributed by atoms with Crippen molar-refractivity contribution in [2.45, 2.75) is 6.43 Å². The summed E-state index contributed by atoms with van der Waals surface area (Å²) in [6, 6.07) is 0. The Morgan fingerprint density at radius 3 is 2.67 bits per heavy atom. The van der Waals surface area contributed by atoms with E-state index in [0.717, 1.165) is 6.20 Å². The van der Waals surface area contributed by atoms with Crippen LogP contribution in [0.15, 0.2) is 6.20 Å². The fourth-order valence-electron chi connectivity index (χ4n) is 1.06. The Balaban J connectivity index is 3.44. The number of nitrogen functional groups attached to an aromatic ring is 1. The van der Waals surface area contributed by atoms with Crippen molar-refractivity contribution in [2.75, 3.05) is 12.8 Å². The Kier molecular flexibility index (Phi) is 3.41. The van der Waals surface area contributed by atoms with Gasteiger partial charge >= 0.3 is 0 Å². The van der Waals surface area contributed by atoms with E-state index in [4.69, 9.17) is 22.1 Å². The number of ether oxygens (including phenoxy) is 1. The highest BCUT2D eigenvalue weighted by molar-refractivity contribution is 6.67. The molecule has 0 unspecified atom stereocenters. The van der Waals surface area contributed by atoms with E-state index in [0.29, 0.717) is 0 Å². The first-order valence-corrected chi connectivity index (χ1v) is 4.17. The Morgan fingerprint density at radius 2 is 2.27 bits per heavy atom. The lowest BCUT2D eigenvalue weighted by molar-refractivity contribution is 0.106. The molecule has 0 aromatic carbocycles. The number of hydrogen-bond acceptors (Lipinski definition) is 4. The number of carbonyl (C=O) groups is 1. The second kappa shape index (κ2) is 4.39. The maximum atomic E-state index is 12.6. The number of anilines is 1. The number of nitrogens with zero attached hydrogens (tertiary/aromatic N) is 1. The summed E-state index contributed by atoms with van der Waals surface area (Å²) in [7, 11) is 1.25. The Bertz CT molecular complexity index is 398. The predicted octanol–water partition coefficient (Wildman–Crippen LogP) is 1.99. The number of halogens is 3. The summed E-state index contributed by atoms with van der Waals surface area (Å²) in [5, 5.41) is -1.08. The number of methoxy groups -OCH3 is 1. The van der Waals surface area contributed by atoms with Gasteiger partial charge in [-0.2, -0.15) is 0 Å². The third-order valence-corrected chi connectivity index (χ3v) is 1.92. The molecular formula is C8H7ClF2N2O2. The lowest BCUT2D eigenvalue weighted by Crippen LogP contribution is -2.07. The number of nitrogens with two attached hydrogens (primary N) is 1. The van der Waals surface area contributed by atoms with Crippen LogP contribution in [0, 0.1) is 0 Å². The van der Waals surface area contributed by atoms with Gasteiger partial charge in [0.05, 0.1) is 24.6 Å². The number of rotatable bonds is 3. The number of hydrogen-bond donors (Lipinski definition) is 1. The van der Waals surface area contributed by atoms with E-state index in [1.807, 2.05) is 0 Å². The van der Waals surface area contributed by atoms with Crippen LogP contribution in [0.1, 0.15) is 22.5 Å². The smallest absolute Gasteiger partial charge is 0.271 e. The normalized spacial score (nSPS) is 10.5. The molecule has 0 amide bonds. The first-order valence-electron chi connectivity index (χ1n) is 3.79. The average molecular weight is 237 g/mol. The zero-order chi connectivity index (χ0) is 11.6. The Labute approximate surface area is 89.0 Å². The molecule has 1 aromatic rings. The highest BCUT2D eigenvalue weighted by Gasteiger charge is 2.24. The summed E-state index contributed by atoms with van der Waals surface area (Å²) in [4.78, 5) is 14.3. The monoisotopic (exact) mass is 236 g/mol. The summed E-state index contributed by atoms with van der Waals surface area (Å²) in [5.74, 6) is -0.0213. The zero-order valence-electron chi connectivity index (χ0n) is 7.63. The van der Waals surface area contributed by atoms with Crippen LogP contribution in [0.5, 0.6) is 5.75 Å². The van der Waals surface area contributed by atoms with Gasteiger partial charge in [-0.15, -0.1) is 0 Å². The molecule has 0 spiro atoms. The van der Waals surface area contributed by atoms with Crippen LogP contribution in [0.25, 0.3) is 0 Å². The fraction of sp³-hybridized carbons (Fsp3) is 0.250. The van der Waals surface area contributed by atoms with Gasteiger partial charge in [0.2, 0.25) is 0 Å². The molecule has 0 saturated heterocycles. The van der Waals surface area contributed by atoms with Crippen molar-refractivity contribution in [2.24, 2.45) is 0 Å². The molecule has 0 aliphatic heterocycles. The van der Waals surface area contributed by atoms with Crippen LogP contribution < -0.4 is 10.5 Å². The van der Waals surface area contributed by atoms with Crippen LogP contribution in [-0.4, -0.2) is 17.3 Å². The molecule has 82 valence electrons. The van der Waals surface area contributed by atoms with Crippen molar-refractivity contribution < 1.29 is 18.3 Å². The minimum absolute atomic E-state index is 0.0213. The molecule has 0 aliphatic rings. The number of pyridine rings is 1. The van der Waals surface area contributed by atoms with Crippen LogP contribution in [0.3, 0.4) is 0 Å². The van der Waals surface area contributed by atoms with Crippen molar-refractivity contribution in [1.29, 1.82) is 0 Å². The molecule has 4 nitrogen and oxygen atoms in total. The van der Waals surface area contributed by atoms with Gasteiger partial charge in [0, 0.05) is 0 Å². The van der Waals surface area contributed by atoms with Crippen LogP contribution in [0.4, 0.5) is 14.5 Å². The van der Waals surface area contributed by atoms with Gasteiger partial charge in [0.15, 0.2) is 5.75 Å². The van der Waals surface area contributed by atoms with Gasteiger partial charge in [-0.1, -0.05) is 0 Å². The van der Waals surface area contributed by atoms with Crippen molar-refractivity contribution >= 4 is 22.5 Å². The molecule has 0 radical (unpaired) electrons. The molecule has 1 aromatic heterocycles.